The summed E-state index contributed by atoms with van der Waals surface area (Å²) in [6, 6.07) is 2.09. The van der Waals surface area contributed by atoms with Crippen LogP contribution in [0.4, 0.5) is 0 Å². The van der Waals surface area contributed by atoms with E-state index in [2.05, 4.69) is 45.7 Å². The fraction of sp³-hybridized carbons (Fsp3) is 0.462. The van der Waals surface area contributed by atoms with E-state index < -0.39 is 0 Å². The van der Waals surface area contributed by atoms with Crippen LogP contribution < -0.4 is 10.4 Å². The lowest BCUT2D eigenvalue weighted by Crippen LogP contribution is -2.29. The number of hydrogen-bond donors (Lipinski definition) is 0. The molecule has 0 fully saturated rings. The van der Waals surface area contributed by atoms with Crippen LogP contribution in [0.15, 0.2) is 18.5 Å². The van der Waals surface area contributed by atoms with Crippen LogP contribution in [0.1, 0.15) is 34.6 Å². The summed E-state index contributed by atoms with van der Waals surface area (Å²) in [5.41, 5.74) is 2.76. The molecule has 0 spiro atoms. The molecule has 0 aliphatic heterocycles. The largest absolute Gasteiger partial charge is 0.264 e. The molecule has 0 unspecified atom stereocenters. The van der Waals surface area contributed by atoms with Gasteiger partial charge in [0.1, 0.15) is 0 Å². The average Bonchev–Trinajstić information content (AvgIpc) is 2.16. The summed E-state index contributed by atoms with van der Waals surface area (Å²) in [5.74, 6) is 0.581. The van der Waals surface area contributed by atoms with Crippen LogP contribution in [-0.4, -0.2) is 4.98 Å². The Bertz CT molecular complexity index is 423. The van der Waals surface area contributed by atoms with Gasteiger partial charge >= 0.3 is 0 Å². The summed E-state index contributed by atoms with van der Waals surface area (Å²) in [5, 5.41) is 2.62. The standard InChI is InChI=1S/C13H19N/c1-9(2)11(5)13-8-14-7-6-12(13)10(3)4/h6-9H,1-5H3/b13-11+. The Balaban J connectivity index is 3.67. The maximum absolute atomic E-state index is 4.20. The summed E-state index contributed by atoms with van der Waals surface area (Å²) < 4.78 is 0. The third kappa shape index (κ3) is 2.22. The highest BCUT2D eigenvalue weighted by molar-refractivity contribution is 5.48. The lowest BCUT2D eigenvalue weighted by Gasteiger charge is -2.05. The van der Waals surface area contributed by atoms with Crippen molar-refractivity contribution >= 4 is 11.1 Å². The van der Waals surface area contributed by atoms with Gasteiger partial charge in [-0.2, -0.15) is 0 Å². The van der Waals surface area contributed by atoms with E-state index >= 15 is 0 Å². The minimum atomic E-state index is 0.581. The summed E-state index contributed by atoms with van der Waals surface area (Å²) in [4.78, 5) is 4.20. The maximum Gasteiger partial charge on any atom is 0.0345 e. The van der Waals surface area contributed by atoms with E-state index in [4.69, 9.17) is 0 Å². The first-order valence-corrected chi connectivity index (χ1v) is 5.12. The van der Waals surface area contributed by atoms with Crippen LogP contribution in [0.5, 0.6) is 0 Å². The molecule has 0 saturated heterocycles. The molecule has 0 N–H and O–H groups in total. The van der Waals surface area contributed by atoms with Crippen molar-refractivity contribution in [1.29, 1.82) is 0 Å². The van der Waals surface area contributed by atoms with Gasteiger partial charge in [-0.05, 0) is 43.2 Å². The lowest BCUT2D eigenvalue weighted by molar-refractivity contribution is 0.839. The van der Waals surface area contributed by atoms with Gasteiger partial charge in [-0.15, -0.1) is 0 Å². The zero-order valence-corrected chi connectivity index (χ0v) is 9.76. The van der Waals surface area contributed by atoms with Gasteiger partial charge in [0.05, 0.1) is 0 Å². The molecule has 0 atom stereocenters. The molecule has 0 bridgehead atoms. The Morgan fingerprint density at radius 1 is 1.14 bits per heavy atom. The molecule has 1 nitrogen and oxygen atoms in total. The SMILES string of the molecule is CC(C)=c1ccnc/c1=C(/C)C(C)C. The lowest BCUT2D eigenvalue weighted by atomic mass is 10.0. The van der Waals surface area contributed by atoms with Crippen LogP contribution in [0.2, 0.25) is 0 Å². The van der Waals surface area contributed by atoms with E-state index in [0.717, 1.165) is 0 Å². The third-order valence-corrected chi connectivity index (χ3v) is 2.65. The van der Waals surface area contributed by atoms with Gasteiger partial charge in [0.25, 0.3) is 0 Å². The van der Waals surface area contributed by atoms with Crippen molar-refractivity contribution in [3.05, 3.63) is 28.9 Å². The molecule has 76 valence electrons. The van der Waals surface area contributed by atoms with Crippen molar-refractivity contribution in [3.63, 3.8) is 0 Å². The van der Waals surface area contributed by atoms with Crippen LogP contribution in [0.25, 0.3) is 11.1 Å². The number of nitrogens with zero attached hydrogens (tertiary/aromatic N) is 1. The molecule has 1 aromatic rings. The predicted molar refractivity (Wildman–Crippen MR) is 62.2 cm³/mol. The molecule has 1 rings (SSSR count). The van der Waals surface area contributed by atoms with E-state index in [1.807, 2.05) is 12.4 Å². The van der Waals surface area contributed by atoms with E-state index in [0.29, 0.717) is 5.92 Å². The van der Waals surface area contributed by atoms with Crippen LogP contribution in [0.3, 0.4) is 0 Å². The van der Waals surface area contributed by atoms with Gasteiger partial charge in [-0.1, -0.05) is 25.0 Å². The van der Waals surface area contributed by atoms with E-state index in [1.165, 1.54) is 21.6 Å². The monoisotopic (exact) mass is 189 g/mol. The molecule has 0 radical (unpaired) electrons. The fourth-order valence-corrected chi connectivity index (χ4v) is 1.46. The summed E-state index contributed by atoms with van der Waals surface area (Å²) in [6.45, 7) is 10.9. The minimum absolute atomic E-state index is 0.581. The van der Waals surface area contributed by atoms with Crippen molar-refractivity contribution in [2.24, 2.45) is 5.92 Å². The van der Waals surface area contributed by atoms with E-state index in [-0.39, 0.29) is 0 Å². The van der Waals surface area contributed by atoms with Crippen molar-refractivity contribution in [3.8, 4) is 0 Å². The fourth-order valence-electron chi connectivity index (χ4n) is 1.46. The first kappa shape index (κ1) is 11.0. The minimum Gasteiger partial charge on any atom is -0.264 e. The summed E-state index contributed by atoms with van der Waals surface area (Å²) >= 11 is 0. The maximum atomic E-state index is 4.20. The zero-order chi connectivity index (χ0) is 10.7. The molecule has 0 saturated carbocycles. The molecule has 0 aromatic carbocycles. The highest BCUT2D eigenvalue weighted by Gasteiger charge is 1.98. The topological polar surface area (TPSA) is 12.9 Å². The summed E-state index contributed by atoms with van der Waals surface area (Å²) in [7, 11) is 0. The van der Waals surface area contributed by atoms with E-state index in [9.17, 15) is 0 Å². The highest BCUT2D eigenvalue weighted by Crippen LogP contribution is 2.05. The van der Waals surface area contributed by atoms with Crippen LogP contribution in [0, 0.1) is 5.92 Å². The quantitative estimate of drug-likeness (QED) is 0.659. The van der Waals surface area contributed by atoms with E-state index in [1.54, 1.807) is 0 Å². The van der Waals surface area contributed by atoms with Gasteiger partial charge < -0.3 is 0 Å². The smallest absolute Gasteiger partial charge is 0.0345 e. The van der Waals surface area contributed by atoms with Gasteiger partial charge in [-0.3, -0.25) is 4.98 Å². The Morgan fingerprint density at radius 2 is 1.79 bits per heavy atom. The number of aromatic nitrogens is 1. The first-order valence-electron chi connectivity index (χ1n) is 5.12. The zero-order valence-electron chi connectivity index (χ0n) is 9.76. The van der Waals surface area contributed by atoms with Crippen molar-refractivity contribution in [1.82, 2.24) is 4.98 Å². The van der Waals surface area contributed by atoms with Gasteiger partial charge in [-0.25, -0.2) is 0 Å². The molecule has 1 aromatic heterocycles. The number of pyridine rings is 1. The summed E-state index contributed by atoms with van der Waals surface area (Å²) in [6.07, 6.45) is 3.83. The molecule has 0 aliphatic carbocycles. The molecular weight excluding hydrogens is 170 g/mol. The Morgan fingerprint density at radius 3 is 2.29 bits per heavy atom. The molecule has 1 heterocycles. The second-order valence-corrected chi connectivity index (χ2v) is 4.26. The first-order chi connectivity index (χ1) is 6.54. The van der Waals surface area contributed by atoms with Gasteiger partial charge in [0.2, 0.25) is 0 Å². The van der Waals surface area contributed by atoms with Crippen molar-refractivity contribution in [2.45, 2.75) is 34.6 Å². The Hall–Kier alpha value is -1.11. The number of hydrogen-bond acceptors (Lipinski definition) is 1. The Kier molecular flexibility index (Phi) is 3.45. The Labute approximate surface area is 86.2 Å². The average molecular weight is 189 g/mol. The molecule has 0 aliphatic rings. The highest BCUT2D eigenvalue weighted by atomic mass is 14.6. The van der Waals surface area contributed by atoms with Crippen LogP contribution >= 0.6 is 0 Å². The van der Waals surface area contributed by atoms with Gasteiger partial charge in [0, 0.05) is 12.4 Å². The normalized spacial score (nSPS) is 13.0. The molecule has 14 heavy (non-hydrogen) atoms. The van der Waals surface area contributed by atoms with Crippen molar-refractivity contribution < 1.29 is 0 Å². The third-order valence-electron chi connectivity index (χ3n) is 2.65. The van der Waals surface area contributed by atoms with Crippen LogP contribution in [-0.2, 0) is 0 Å². The van der Waals surface area contributed by atoms with Gasteiger partial charge in [0.15, 0.2) is 0 Å². The van der Waals surface area contributed by atoms with Crippen molar-refractivity contribution in [2.75, 3.05) is 0 Å². The molecular formula is C13H19N. The second-order valence-electron chi connectivity index (χ2n) is 4.26. The number of rotatable bonds is 1. The second kappa shape index (κ2) is 4.41. The molecule has 1 heteroatoms. The molecule has 0 amide bonds. The predicted octanol–water partition coefficient (Wildman–Crippen LogP) is 2.10.